The largest absolute Gasteiger partial charge is 0.379 e. The maximum absolute atomic E-state index is 5.47. The van der Waals surface area contributed by atoms with Crippen molar-refractivity contribution in [1.82, 2.24) is 15.1 Å². The second-order valence-electron chi connectivity index (χ2n) is 4.09. The van der Waals surface area contributed by atoms with Crippen molar-refractivity contribution in [3.63, 3.8) is 0 Å². The highest BCUT2D eigenvalue weighted by Gasteiger charge is 1.99. The highest BCUT2D eigenvalue weighted by molar-refractivity contribution is 4.99. The van der Waals surface area contributed by atoms with Crippen molar-refractivity contribution in [2.75, 3.05) is 13.2 Å². The summed E-state index contributed by atoms with van der Waals surface area (Å²) in [4.78, 5) is 0. The Labute approximate surface area is 98.0 Å². The summed E-state index contributed by atoms with van der Waals surface area (Å²) in [7, 11) is 0. The molecule has 0 spiro atoms. The molecule has 4 nitrogen and oxygen atoms in total. The van der Waals surface area contributed by atoms with Gasteiger partial charge in [0.1, 0.15) is 0 Å². The molecule has 0 atom stereocenters. The lowest BCUT2D eigenvalue weighted by atomic mass is 10.4. The number of nitrogens with one attached hydrogen (secondary N) is 1. The van der Waals surface area contributed by atoms with Crippen molar-refractivity contribution in [3.05, 3.63) is 18.0 Å². The van der Waals surface area contributed by atoms with Crippen LogP contribution < -0.4 is 5.32 Å². The van der Waals surface area contributed by atoms with Crippen molar-refractivity contribution < 1.29 is 4.74 Å². The van der Waals surface area contributed by atoms with E-state index < -0.39 is 0 Å². The number of hydrogen-bond donors (Lipinski definition) is 1. The van der Waals surface area contributed by atoms with E-state index in [-0.39, 0.29) is 0 Å². The van der Waals surface area contributed by atoms with E-state index in [0.717, 1.165) is 32.7 Å². The van der Waals surface area contributed by atoms with E-state index in [0.29, 0.717) is 6.10 Å². The van der Waals surface area contributed by atoms with Gasteiger partial charge in [0.25, 0.3) is 0 Å². The van der Waals surface area contributed by atoms with Crippen molar-refractivity contribution in [3.8, 4) is 0 Å². The third kappa shape index (κ3) is 4.77. The second-order valence-corrected chi connectivity index (χ2v) is 4.09. The third-order valence-corrected chi connectivity index (χ3v) is 2.36. The summed E-state index contributed by atoms with van der Waals surface area (Å²) >= 11 is 0. The normalized spacial score (nSPS) is 11.2. The molecule has 1 heterocycles. The SMILES string of the molecule is CCn1nccc1CNCCCOC(C)C. The van der Waals surface area contributed by atoms with Gasteiger partial charge in [-0.25, -0.2) is 0 Å². The van der Waals surface area contributed by atoms with Gasteiger partial charge >= 0.3 is 0 Å². The Bertz CT molecular complexity index is 284. The molecule has 1 N–H and O–H groups in total. The Kier molecular flexibility index (Phi) is 6.11. The number of ether oxygens (including phenoxy) is 1. The lowest BCUT2D eigenvalue weighted by Gasteiger charge is -2.08. The predicted molar refractivity (Wildman–Crippen MR) is 65.3 cm³/mol. The van der Waals surface area contributed by atoms with Crippen LogP contribution in [0.5, 0.6) is 0 Å². The molecule has 0 radical (unpaired) electrons. The van der Waals surface area contributed by atoms with Crippen LogP contribution in [0.3, 0.4) is 0 Å². The zero-order chi connectivity index (χ0) is 11.8. The summed E-state index contributed by atoms with van der Waals surface area (Å²) in [5.74, 6) is 0. The second kappa shape index (κ2) is 7.41. The van der Waals surface area contributed by atoms with Crippen molar-refractivity contribution >= 4 is 0 Å². The summed E-state index contributed by atoms with van der Waals surface area (Å²) in [6.07, 6.45) is 3.24. The first-order chi connectivity index (χ1) is 7.74. The van der Waals surface area contributed by atoms with E-state index >= 15 is 0 Å². The third-order valence-electron chi connectivity index (χ3n) is 2.36. The molecule has 0 saturated carbocycles. The molecular weight excluding hydrogens is 202 g/mol. The number of aryl methyl sites for hydroxylation is 1. The van der Waals surface area contributed by atoms with E-state index in [1.54, 1.807) is 0 Å². The average Bonchev–Trinajstić information content (AvgIpc) is 2.70. The summed E-state index contributed by atoms with van der Waals surface area (Å²) in [5, 5.41) is 7.62. The van der Waals surface area contributed by atoms with E-state index in [1.807, 2.05) is 10.9 Å². The quantitative estimate of drug-likeness (QED) is 0.686. The Morgan fingerprint density at radius 1 is 1.50 bits per heavy atom. The molecule has 0 aromatic carbocycles. The molecule has 1 aromatic heterocycles. The van der Waals surface area contributed by atoms with E-state index in [9.17, 15) is 0 Å². The van der Waals surface area contributed by atoms with Crippen molar-refractivity contribution in [2.24, 2.45) is 0 Å². The molecule has 0 saturated heterocycles. The van der Waals surface area contributed by atoms with E-state index in [1.165, 1.54) is 5.69 Å². The van der Waals surface area contributed by atoms with Crippen molar-refractivity contribution in [1.29, 1.82) is 0 Å². The molecule has 0 bridgehead atoms. The average molecular weight is 225 g/mol. The predicted octanol–water partition coefficient (Wildman–Crippen LogP) is 1.81. The van der Waals surface area contributed by atoms with Gasteiger partial charge in [0.15, 0.2) is 0 Å². The van der Waals surface area contributed by atoms with Crippen LogP contribution in [0.1, 0.15) is 32.9 Å². The van der Waals surface area contributed by atoms with Gasteiger partial charge in [0, 0.05) is 25.9 Å². The van der Waals surface area contributed by atoms with Gasteiger partial charge in [0.2, 0.25) is 0 Å². The topological polar surface area (TPSA) is 39.1 Å². The van der Waals surface area contributed by atoms with Gasteiger partial charge in [-0.15, -0.1) is 0 Å². The molecule has 0 aliphatic rings. The van der Waals surface area contributed by atoms with E-state index in [2.05, 4.69) is 37.3 Å². The molecule has 0 unspecified atom stereocenters. The molecule has 0 aliphatic carbocycles. The minimum atomic E-state index is 0.335. The van der Waals surface area contributed by atoms with Gasteiger partial charge in [0.05, 0.1) is 11.8 Å². The molecular formula is C12H23N3O. The molecule has 16 heavy (non-hydrogen) atoms. The summed E-state index contributed by atoms with van der Waals surface area (Å²) in [5.41, 5.74) is 1.24. The van der Waals surface area contributed by atoms with Gasteiger partial charge in [-0.1, -0.05) is 0 Å². The van der Waals surface area contributed by atoms with Crippen LogP contribution in [-0.2, 0) is 17.8 Å². The van der Waals surface area contributed by atoms with Gasteiger partial charge in [-0.2, -0.15) is 5.10 Å². The summed E-state index contributed by atoms with van der Waals surface area (Å²) in [6, 6.07) is 2.06. The molecule has 0 amide bonds. The maximum Gasteiger partial charge on any atom is 0.0521 e. The lowest BCUT2D eigenvalue weighted by Crippen LogP contribution is -2.19. The van der Waals surface area contributed by atoms with Crippen LogP contribution in [0.4, 0.5) is 0 Å². The Hall–Kier alpha value is -0.870. The molecule has 0 fully saturated rings. The molecule has 92 valence electrons. The zero-order valence-corrected chi connectivity index (χ0v) is 10.6. The molecule has 1 rings (SSSR count). The monoisotopic (exact) mass is 225 g/mol. The van der Waals surface area contributed by atoms with Gasteiger partial charge < -0.3 is 10.1 Å². The number of aromatic nitrogens is 2. The van der Waals surface area contributed by atoms with Crippen LogP contribution in [0.2, 0.25) is 0 Å². The van der Waals surface area contributed by atoms with Crippen LogP contribution in [-0.4, -0.2) is 29.0 Å². The number of rotatable bonds is 8. The number of nitrogens with zero attached hydrogens (tertiary/aromatic N) is 2. The lowest BCUT2D eigenvalue weighted by molar-refractivity contribution is 0.0770. The first-order valence-corrected chi connectivity index (χ1v) is 6.07. The fraction of sp³-hybridized carbons (Fsp3) is 0.750. The van der Waals surface area contributed by atoms with Gasteiger partial charge in [-0.05, 0) is 39.8 Å². The van der Waals surface area contributed by atoms with Crippen LogP contribution >= 0.6 is 0 Å². The zero-order valence-electron chi connectivity index (χ0n) is 10.6. The molecule has 4 heteroatoms. The first-order valence-electron chi connectivity index (χ1n) is 6.07. The minimum absolute atomic E-state index is 0.335. The highest BCUT2D eigenvalue weighted by Crippen LogP contribution is 1.98. The smallest absolute Gasteiger partial charge is 0.0521 e. The summed E-state index contributed by atoms with van der Waals surface area (Å²) < 4.78 is 7.48. The fourth-order valence-electron chi connectivity index (χ4n) is 1.53. The Balaban J connectivity index is 2.07. The summed E-state index contributed by atoms with van der Waals surface area (Å²) in [6.45, 7) is 9.86. The Morgan fingerprint density at radius 3 is 3.00 bits per heavy atom. The Morgan fingerprint density at radius 2 is 2.31 bits per heavy atom. The van der Waals surface area contributed by atoms with Gasteiger partial charge in [-0.3, -0.25) is 4.68 Å². The maximum atomic E-state index is 5.47. The van der Waals surface area contributed by atoms with Crippen LogP contribution in [0.15, 0.2) is 12.3 Å². The van der Waals surface area contributed by atoms with E-state index in [4.69, 9.17) is 4.74 Å². The highest BCUT2D eigenvalue weighted by atomic mass is 16.5. The standard InChI is InChI=1S/C12H23N3O/c1-4-15-12(6-8-14-15)10-13-7-5-9-16-11(2)3/h6,8,11,13H,4-5,7,9-10H2,1-3H3. The fourth-order valence-corrected chi connectivity index (χ4v) is 1.53. The number of hydrogen-bond acceptors (Lipinski definition) is 3. The first kappa shape index (κ1) is 13.2. The van der Waals surface area contributed by atoms with Crippen molar-refractivity contribution in [2.45, 2.75) is 46.4 Å². The molecule has 0 aliphatic heterocycles. The van der Waals surface area contributed by atoms with Crippen LogP contribution in [0, 0.1) is 0 Å². The molecule has 1 aromatic rings. The minimum Gasteiger partial charge on any atom is -0.379 e. The van der Waals surface area contributed by atoms with Crippen LogP contribution in [0.25, 0.3) is 0 Å².